The van der Waals surface area contributed by atoms with E-state index in [1.807, 2.05) is 6.07 Å². The molecular weight excluding hydrogens is 320 g/mol. The van der Waals surface area contributed by atoms with Gasteiger partial charge >= 0.3 is 0 Å². The van der Waals surface area contributed by atoms with E-state index in [1.165, 1.54) is 7.11 Å². The Balaban J connectivity index is 1.99. The molecular formula is C18H20N4O3. The van der Waals surface area contributed by atoms with Crippen molar-refractivity contribution in [3.8, 4) is 11.9 Å². The monoisotopic (exact) mass is 340 g/mol. The van der Waals surface area contributed by atoms with Crippen LogP contribution in [0.15, 0.2) is 23.1 Å². The van der Waals surface area contributed by atoms with Crippen molar-refractivity contribution < 1.29 is 9.53 Å². The summed E-state index contributed by atoms with van der Waals surface area (Å²) in [4.78, 5) is 30.5. The van der Waals surface area contributed by atoms with Gasteiger partial charge in [0.2, 0.25) is 11.8 Å². The first-order valence-electron chi connectivity index (χ1n) is 7.84. The number of pyridine rings is 2. The van der Waals surface area contributed by atoms with E-state index in [1.54, 1.807) is 32.2 Å². The van der Waals surface area contributed by atoms with Crippen LogP contribution in [0.3, 0.4) is 0 Å². The predicted molar refractivity (Wildman–Crippen MR) is 92.2 cm³/mol. The van der Waals surface area contributed by atoms with Crippen LogP contribution >= 0.6 is 0 Å². The topological polar surface area (TPSA) is 108 Å². The molecule has 2 aromatic heterocycles. The molecule has 2 rings (SSSR count). The van der Waals surface area contributed by atoms with Crippen molar-refractivity contribution >= 4 is 5.91 Å². The van der Waals surface area contributed by atoms with Crippen molar-refractivity contribution in [2.24, 2.45) is 0 Å². The van der Waals surface area contributed by atoms with Gasteiger partial charge in [-0.05, 0) is 43.0 Å². The molecule has 2 heterocycles. The lowest BCUT2D eigenvalue weighted by Crippen LogP contribution is -2.24. The number of nitrogens with one attached hydrogen (secondary N) is 2. The molecule has 0 aliphatic heterocycles. The molecule has 0 saturated heterocycles. The number of aromatic amines is 1. The van der Waals surface area contributed by atoms with Gasteiger partial charge in [-0.25, -0.2) is 4.98 Å². The zero-order chi connectivity index (χ0) is 18.4. The predicted octanol–water partition coefficient (Wildman–Crippen LogP) is 1.52. The largest absolute Gasteiger partial charge is 0.481 e. The normalized spacial score (nSPS) is 10.2. The molecule has 25 heavy (non-hydrogen) atoms. The van der Waals surface area contributed by atoms with Crippen molar-refractivity contribution in [1.29, 1.82) is 5.26 Å². The van der Waals surface area contributed by atoms with E-state index in [-0.39, 0.29) is 17.9 Å². The highest BCUT2D eigenvalue weighted by atomic mass is 16.5. The zero-order valence-electron chi connectivity index (χ0n) is 14.5. The Hall–Kier alpha value is -3.14. The molecule has 130 valence electrons. The van der Waals surface area contributed by atoms with Gasteiger partial charge in [-0.3, -0.25) is 9.59 Å². The second-order valence-corrected chi connectivity index (χ2v) is 5.65. The first kappa shape index (κ1) is 18.2. The molecule has 7 heteroatoms. The van der Waals surface area contributed by atoms with Gasteiger partial charge in [0.05, 0.1) is 7.11 Å². The van der Waals surface area contributed by atoms with Crippen LogP contribution in [-0.4, -0.2) is 23.0 Å². The summed E-state index contributed by atoms with van der Waals surface area (Å²) < 4.78 is 5.05. The van der Waals surface area contributed by atoms with Crippen molar-refractivity contribution in [3.63, 3.8) is 0 Å². The number of nitriles is 1. The van der Waals surface area contributed by atoms with Gasteiger partial charge in [-0.15, -0.1) is 0 Å². The highest BCUT2D eigenvalue weighted by molar-refractivity contribution is 5.76. The molecule has 0 bridgehead atoms. The fourth-order valence-electron chi connectivity index (χ4n) is 2.62. The maximum Gasteiger partial charge on any atom is 0.266 e. The molecule has 2 N–H and O–H groups in total. The number of H-pyrrole nitrogens is 1. The number of aromatic nitrogens is 2. The Labute approximate surface area is 145 Å². The average Bonchev–Trinajstić information content (AvgIpc) is 2.60. The Bertz CT molecular complexity index is 881. The highest BCUT2D eigenvalue weighted by Gasteiger charge is 2.13. The summed E-state index contributed by atoms with van der Waals surface area (Å²) in [5, 5.41) is 11.9. The Kier molecular flexibility index (Phi) is 5.90. The van der Waals surface area contributed by atoms with Crippen molar-refractivity contribution in [2.75, 3.05) is 7.11 Å². The lowest BCUT2D eigenvalue weighted by molar-refractivity contribution is -0.121. The molecule has 0 saturated carbocycles. The van der Waals surface area contributed by atoms with E-state index in [4.69, 9.17) is 10.00 Å². The van der Waals surface area contributed by atoms with Crippen molar-refractivity contribution in [1.82, 2.24) is 15.3 Å². The maximum absolute atomic E-state index is 12.1. The lowest BCUT2D eigenvalue weighted by Gasteiger charge is -2.11. The minimum absolute atomic E-state index is 0.102. The zero-order valence-corrected chi connectivity index (χ0v) is 14.5. The van der Waals surface area contributed by atoms with Crippen LogP contribution in [0.4, 0.5) is 0 Å². The van der Waals surface area contributed by atoms with Gasteiger partial charge < -0.3 is 15.0 Å². The molecule has 0 atom stereocenters. The van der Waals surface area contributed by atoms with Crippen LogP contribution in [0.2, 0.25) is 0 Å². The van der Waals surface area contributed by atoms with E-state index in [0.29, 0.717) is 30.1 Å². The van der Waals surface area contributed by atoms with Crippen LogP contribution < -0.4 is 15.6 Å². The number of aryl methyl sites for hydroxylation is 1. The first-order chi connectivity index (χ1) is 12.0. The standard InChI is InChI=1S/C18H20N4O3/c1-11-14(12(2)22-18(24)15(11)9-19)4-5-16(23)21-10-13-6-7-20-17(8-13)25-3/h6-8H,4-5,10H2,1-3H3,(H,21,23)(H,22,24). The summed E-state index contributed by atoms with van der Waals surface area (Å²) in [5.74, 6) is 0.384. The van der Waals surface area contributed by atoms with E-state index in [9.17, 15) is 9.59 Å². The number of carbonyl (C=O) groups excluding carboxylic acids is 1. The molecule has 1 amide bonds. The lowest BCUT2D eigenvalue weighted by atomic mass is 9.99. The third-order valence-corrected chi connectivity index (χ3v) is 4.02. The summed E-state index contributed by atoms with van der Waals surface area (Å²) in [5.41, 5.74) is 2.76. The molecule has 7 nitrogen and oxygen atoms in total. The average molecular weight is 340 g/mol. The number of nitrogens with zero attached hydrogens (tertiary/aromatic N) is 2. The van der Waals surface area contributed by atoms with Gasteiger partial charge in [-0.2, -0.15) is 5.26 Å². The summed E-state index contributed by atoms with van der Waals surface area (Å²) in [7, 11) is 1.54. The molecule has 0 aliphatic carbocycles. The fraction of sp³-hybridized carbons (Fsp3) is 0.333. The smallest absolute Gasteiger partial charge is 0.266 e. The van der Waals surface area contributed by atoms with Gasteiger partial charge in [0.1, 0.15) is 11.6 Å². The van der Waals surface area contributed by atoms with Crippen LogP contribution in [0.5, 0.6) is 5.88 Å². The summed E-state index contributed by atoms with van der Waals surface area (Å²) >= 11 is 0. The van der Waals surface area contributed by atoms with Crippen LogP contribution in [0.25, 0.3) is 0 Å². The number of amides is 1. The molecule has 2 aromatic rings. The van der Waals surface area contributed by atoms with Crippen LogP contribution in [0, 0.1) is 25.2 Å². The van der Waals surface area contributed by atoms with Crippen molar-refractivity contribution in [3.05, 3.63) is 56.6 Å². The molecule has 0 unspecified atom stereocenters. The summed E-state index contributed by atoms with van der Waals surface area (Å²) in [6.07, 6.45) is 2.34. The fourth-order valence-corrected chi connectivity index (χ4v) is 2.62. The molecule has 0 fully saturated rings. The minimum Gasteiger partial charge on any atom is -0.481 e. The molecule has 0 aliphatic rings. The van der Waals surface area contributed by atoms with E-state index in [0.717, 1.165) is 11.1 Å². The highest BCUT2D eigenvalue weighted by Crippen LogP contribution is 2.15. The maximum atomic E-state index is 12.1. The molecule has 0 aromatic carbocycles. The summed E-state index contributed by atoms with van der Waals surface area (Å²) in [6.45, 7) is 3.88. The van der Waals surface area contributed by atoms with E-state index in [2.05, 4.69) is 15.3 Å². The van der Waals surface area contributed by atoms with Crippen LogP contribution in [0.1, 0.15) is 34.4 Å². The van der Waals surface area contributed by atoms with Gasteiger partial charge in [0.25, 0.3) is 5.56 Å². The van der Waals surface area contributed by atoms with E-state index >= 15 is 0 Å². The molecule has 0 radical (unpaired) electrons. The van der Waals surface area contributed by atoms with Gasteiger partial charge in [-0.1, -0.05) is 0 Å². The van der Waals surface area contributed by atoms with Gasteiger partial charge in [0, 0.05) is 30.9 Å². The number of carbonyl (C=O) groups is 1. The van der Waals surface area contributed by atoms with Crippen LogP contribution in [-0.2, 0) is 17.8 Å². The third-order valence-electron chi connectivity index (χ3n) is 4.02. The summed E-state index contributed by atoms with van der Waals surface area (Å²) in [6, 6.07) is 5.48. The number of hydrogen-bond acceptors (Lipinski definition) is 5. The number of ether oxygens (including phenoxy) is 1. The Morgan fingerprint density at radius 2 is 2.20 bits per heavy atom. The third kappa shape index (κ3) is 4.44. The SMILES string of the molecule is COc1cc(CNC(=O)CCc2c(C)[nH]c(=O)c(C#N)c2C)ccn1. The number of rotatable bonds is 6. The Morgan fingerprint density at radius 1 is 1.44 bits per heavy atom. The second kappa shape index (κ2) is 8.11. The van der Waals surface area contributed by atoms with Gasteiger partial charge in [0.15, 0.2) is 0 Å². The second-order valence-electron chi connectivity index (χ2n) is 5.65. The number of hydrogen-bond donors (Lipinski definition) is 2. The number of methoxy groups -OCH3 is 1. The minimum atomic E-state index is -0.391. The van der Waals surface area contributed by atoms with Crippen molar-refractivity contribution in [2.45, 2.75) is 33.2 Å². The first-order valence-corrected chi connectivity index (χ1v) is 7.84. The Morgan fingerprint density at radius 3 is 2.88 bits per heavy atom. The molecule has 0 spiro atoms. The van der Waals surface area contributed by atoms with E-state index < -0.39 is 5.56 Å². The quantitative estimate of drug-likeness (QED) is 0.829.